The normalized spacial score (nSPS) is 10.8. The molecule has 1 aromatic heterocycles. The van der Waals surface area contributed by atoms with Gasteiger partial charge in [-0.2, -0.15) is 0 Å². The van der Waals surface area contributed by atoms with Crippen molar-refractivity contribution in [3.63, 3.8) is 0 Å². The Hall–Kier alpha value is -2.31. The number of hydrogen-bond donors (Lipinski definition) is 3. The topological polar surface area (TPSA) is 108 Å². The van der Waals surface area contributed by atoms with Crippen LogP contribution in [0.5, 0.6) is 0 Å². The van der Waals surface area contributed by atoms with Gasteiger partial charge in [-0.25, -0.2) is 9.59 Å². The molecule has 0 radical (unpaired) electrons. The molecule has 0 aliphatic heterocycles. The molecule has 0 fully saturated rings. The third-order valence-electron chi connectivity index (χ3n) is 1.71. The minimum atomic E-state index is -1.29. The maximum Gasteiger partial charge on any atom is 0.413 e. The van der Waals surface area contributed by atoms with Crippen LogP contribution in [-0.2, 0) is 4.74 Å². The number of ether oxygens (including phenoxy) is 1. The number of carboxylic acids is 1. The first-order valence-corrected chi connectivity index (χ1v) is 5.15. The number of carbonyl (C=O) groups excluding carboxylic acids is 1. The van der Waals surface area contributed by atoms with Crippen LogP contribution in [0.25, 0.3) is 0 Å². The highest BCUT2D eigenvalue weighted by Crippen LogP contribution is 2.09. The number of H-pyrrole nitrogens is 1. The zero-order valence-corrected chi connectivity index (χ0v) is 10.2. The smallest absolute Gasteiger partial charge is 0.413 e. The average Bonchev–Trinajstić information content (AvgIpc) is 2.12. The predicted molar refractivity (Wildman–Crippen MR) is 63.9 cm³/mol. The molecular formula is C11H14N2O5. The van der Waals surface area contributed by atoms with Crippen LogP contribution in [0.15, 0.2) is 16.9 Å². The Kier molecular flexibility index (Phi) is 3.75. The quantitative estimate of drug-likeness (QED) is 0.739. The highest BCUT2D eigenvalue weighted by Gasteiger charge is 2.17. The monoisotopic (exact) mass is 254 g/mol. The standard InChI is InChI=1S/C11H14N2O5/c1-11(2,3)18-10(17)13-8-5-6(14)4-7(12-8)9(15)16/h4-5H,1-3H3,(H,15,16)(H2,12,13,14,17). The lowest BCUT2D eigenvalue weighted by Crippen LogP contribution is -2.28. The third-order valence-corrected chi connectivity index (χ3v) is 1.71. The zero-order valence-electron chi connectivity index (χ0n) is 10.2. The highest BCUT2D eigenvalue weighted by molar-refractivity contribution is 5.87. The third kappa shape index (κ3) is 4.28. The van der Waals surface area contributed by atoms with Crippen molar-refractivity contribution in [2.75, 3.05) is 5.32 Å². The van der Waals surface area contributed by atoms with Crippen molar-refractivity contribution >= 4 is 17.9 Å². The van der Waals surface area contributed by atoms with Gasteiger partial charge in [0.1, 0.15) is 17.1 Å². The molecule has 0 unspecified atom stereocenters. The molecule has 0 aliphatic carbocycles. The fourth-order valence-electron chi connectivity index (χ4n) is 1.14. The lowest BCUT2D eigenvalue weighted by atomic mass is 10.2. The number of hydrogen-bond acceptors (Lipinski definition) is 4. The van der Waals surface area contributed by atoms with Gasteiger partial charge in [-0.1, -0.05) is 0 Å². The van der Waals surface area contributed by atoms with E-state index in [1.807, 2.05) is 0 Å². The number of carbonyl (C=O) groups is 2. The summed E-state index contributed by atoms with van der Waals surface area (Å²) in [6, 6.07) is 1.99. The van der Waals surface area contributed by atoms with E-state index in [0.717, 1.165) is 12.1 Å². The Morgan fingerprint density at radius 3 is 2.44 bits per heavy atom. The second-order valence-corrected chi connectivity index (χ2v) is 4.58. The number of rotatable bonds is 2. The van der Waals surface area contributed by atoms with Crippen molar-refractivity contribution in [3.05, 3.63) is 28.0 Å². The summed E-state index contributed by atoms with van der Waals surface area (Å²) in [7, 11) is 0. The summed E-state index contributed by atoms with van der Waals surface area (Å²) in [6.07, 6.45) is -0.777. The maximum absolute atomic E-state index is 11.4. The fraction of sp³-hybridized carbons (Fsp3) is 0.364. The number of pyridine rings is 1. The van der Waals surface area contributed by atoms with Crippen molar-refractivity contribution in [1.29, 1.82) is 0 Å². The molecule has 98 valence electrons. The molecule has 7 nitrogen and oxygen atoms in total. The largest absolute Gasteiger partial charge is 0.477 e. The molecule has 0 aliphatic rings. The summed E-state index contributed by atoms with van der Waals surface area (Å²) in [5, 5.41) is 11.0. The molecule has 1 aromatic rings. The summed E-state index contributed by atoms with van der Waals surface area (Å²) in [5.74, 6) is -1.32. The van der Waals surface area contributed by atoms with E-state index in [1.54, 1.807) is 20.8 Å². The number of anilines is 1. The lowest BCUT2D eigenvalue weighted by molar-refractivity contribution is 0.0631. The van der Waals surface area contributed by atoms with Crippen molar-refractivity contribution in [2.24, 2.45) is 0 Å². The van der Waals surface area contributed by atoms with Crippen LogP contribution < -0.4 is 10.7 Å². The molecule has 7 heteroatoms. The van der Waals surface area contributed by atoms with Gasteiger partial charge >= 0.3 is 12.1 Å². The van der Waals surface area contributed by atoms with Gasteiger partial charge in [0.2, 0.25) is 0 Å². The number of carboxylic acid groups (broad SMARTS) is 1. The summed E-state index contributed by atoms with van der Waals surface area (Å²) < 4.78 is 4.96. The van der Waals surface area contributed by atoms with Gasteiger partial charge in [-0.3, -0.25) is 10.1 Å². The summed E-state index contributed by atoms with van der Waals surface area (Å²) in [5.41, 5.74) is -1.53. The molecule has 18 heavy (non-hydrogen) atoms. The van der Waals surface area contributed by atoms with E-state index in [-0.39, 0.29) is 11.5 Å². The number of aromatic nitrogens is 1. The van der Waals surface area contributed by atoms with Crippen molar-refractivity contribution in [1.82, 2.24) is 4.98 Å². The minimum Gasteiger partial charge on any atom is -0.477 e. The molecule has 1 rings (SSSR count). The number of nitrogens with one attached hydrogen (secondary N) is 2. The Morgan fingerprint density at radius 1 is 1.33 bits per heavy atom. The molecule has 0 atom stereocenters. The van der Waals surface area contributed by atoms with Crippen molar-refractivity contribution < 1.29 is 19.4 Å². The van der Waals surface area contributed by atoms with E-state index in [0.29, 0.717) is 0 Å². The van der Waals surface area contributed by atoms with E-state index in [1.165, 1.54) is 0 Å². The van der Waals surface area contributed by atoms with E-state index in [4.69, 9.17) is 9.84 Å². The molecular weight excluding hydrogens is 240 g/mol. The van der Waals surface area contributed by atoms with Crippen LogP contribution in [0, 0.1) is 0 Å². The van der Waals surface area contributed by atoms with E-state index in [2.05, 4.69) is 10.3 Å². The van der Waals surface area contributed by atoms with Gasteiger partial charge in [0, 0.05) is 12.1 Å². The van der Waals surface area contributed by atoms with Gasteiger partial charge in [-0.05, 0) is 20.8 Å². The van der Waals surface area contributed by atoms with Gasteiger partial charge in [0.15, 0.2) is 5.43 Å². The SMILES string of the molecule is CC(C)(C)OC(=O)Nc1cc(=O)cc(C(=O)O)[nH]1. The second kappa shape index (κ2) is 4.91. The number of amides is 1. The van der Waals surface area contributed by atoms with Crippen molar-refractivity contribution in [3.8, 4) is 0 Å². The summed E-state index contributed by atoms with van der Waals surface area (Å²) >= 11 is 0. The maximum atomic E-state index is 11.4. The molecule has 3 N–H and O–H groups in total. The first kappa shape index (κ1) is 13.8. The molecule has 0 aromatic carbocycles. The molecule has 1 amide bonds. The number of aromatic amines is 1. The first-order chi connectivity index (χ1) is 8.17. The Labute approximate surface area is 103 Å². The predicted octanol–water partition coefficient (Wildman–Crippen LogP) is 1.42. The van der Waals surface area contributed by atoms with Crippen LogP contribution in [0.3, 0.4) is 0 Å². The second-order valence-electron chi connectivity index (χ2n) is 4.58. The van der Waals surface area contributed by atoms with E-state index < -0.39 is 23.1 Å². The molecule has 0 bridgehead atoms. The van der Waals surface area contributed by atoms with Crippen LogP contribution in [0.1, 0.15) is 31.3 Å². The average molecular weight is 254 g/mol. The molecule has 0 spiro atoms. The highest BCUT2D eigenvalue weighted by atomic mass is 16.6. The van der Waals surface area contributed by atoms with Crippen molar-refractivity contribution in [2.45, 2.75) is 26.4 Å². The lowest BCUT2D eigenvalue weighted by Gasteiger charge is -2.19. The van der Waals surface area contributed by atoms with Crippen LogP contribution in [0.2, 0.25) is 0 Å². The van der Waals surface area contributed by atoms with Crippen LogP contribution in [0.4, 0.5) is 10.6 Å². The van der Waals surface area contributed by atoms with Crippen LogP contribution in [-0.4, -0.2) is 27.8 Å². The van der Waals surface area contributed by atoms with E-state index >= 15 is 0 Å². The minimum absolute atomic E-state index is 0.0332. The molecule has 1 heterocycles. The van der Waals surface area contributed by atoms with Gasteiger partial charge in [0.25, 0.3) is 0 Å². The Bertz CT molecular complexity index is 527. The van der Waals surface area contributed by atoms with E-state index in [9.17, 15) is 14.4 Å². The summed E-state index contributed by atoms with van der Waals surface area (Å²) in [4.78, 5) is 35.7. The molecule has 0 saturated carbocycles. The van der Waals surface area contributed by atoms with Gasteiger partial charge < -0.3 is 14.8 Å². The zero-order chi connectivity index (χ0) is 13.9. The molecule has 0 saturated heterocycles. The van der Waals surface area contributed by atoms with Gasteiger partial charge in [-0.15, -0.1) is 0 Å². The Balaban J connectivity index is 2.88. The first-order valence-electron chi connectivity index (χ1n) is 5.15. The Morgan fingerprint density at radius 2 is 1.94 bits per heavy atom. The van der Waals surface area contributed by atoms with Gasteiger partial charge in [0.05, 0.1) is 0 Å². The summed E-state index contributed by atoms with van der Waals surface area (Å²) in [6.45, 7) is 5.05. The number of aromatic carboxylic acids is 1. The van der Waals surface area contributed by atoms with Crippen LogP contribution >= 0.6 is 0 Å². The fourth-order valence-corrected chi connectivity index (χ4v) is 1.14.